The highest BCUT2D eigenvalue weighted by molar-refractivity contribution is 7.80. The lowest BCUT2D eigenvalue weighted by Gasteiger charge is -2.28. The van der Waals surface area contributed by atoms with E-state index in [1.54, 1.807) is 0 Å². The van der Waals surface area contributed by atoms with Crippen LogP contribution in [-0.2, 0) is 0 Å². The molecule has 1 saturated carbocycles. The molecule has 0 radical (unpaired) electrons. The summed E-state index contributed by atoms with van der Waals surface area (Å²) in [6, 6.07) is 0.114. The van der Waals surface area contributed by atoms with Crippen LogP contribution in [-0.4, -0.2) is 29.3 Å². The lowest BCUT2D eigenvalue weighted by Crippen LogP contribution is -2.39. The molecule has 0 aromatic rings. The quantitative estimate of drug-likeness (QED) is 0.610. The molecule has 1 aliphatic rings. The van der Waals surface area contributed by atoms with Crippen molar-refractivity contribution in [3.05, 3.63) is 0 Å². The number of thiocarbonyl (C=S) groups is 1. The molecule has 0 aromatic heterocycles. The highest BCUT2D eigenvalue weighted by Crippen LogP contribution is 2.24. The van der Waals surface area contributed by atoms with Crippen molar-refractivity contribution in [1.29, 1.82) is 0 Å². The van der Waals surface area contributed by atoms with Crippen LogP contribution < -0.4 is 10.6 Å². The van der Waals surface area contributed by atoms with Crippen LogP contribution in [0.3, 0.4) is 0 Å². The first kappa shape index (κ1) is 11.2. The third kappa shape index (κ3) is 3.14. The Morgan fingerprint density at radius 2 is 1.93 bits per heavy atom. The van der Waals surface area contributed by atoms with Gasteiger partial charge in [0.2, 0.25) is 0 Å². The molecule has 0 unspecified atom stereocenters. The minimum absolute atomic E-state index is 0.114. The maximum absolute atomic E-state index is 10.4. The van der Waals surface area contributed by atoms with Gasteiger partial charge in [0.05, 0.1) is 4.99 Å². The van der Waals surface area contributed by atoms with E-state index in [1.165, 1.54) is 0 Å². The van der Waals surface area contributed by atoms with Crippen molar-refractivity contribution in [2.75, 3.05) is 7.05 Å². The van der Waals surface area contributed by atoms with Gasteiger partial charge in [0.25, 0.3) is 0 Å². The van der Waals surface area contributed by atoms with E-state index in [-0.39, 0.29) is 6.04 Å². The molecule has 1 amide bonds. The van der Waals surface area contributed by atoms with Crippen molar-refractivity contribution >= 4 is 23.3 Å². The zero-order chi connectivity index (χ0) is 10.6. The Kier molecular flexibility index (Phi) is 4.13. The Labute approximate surface area is 89.1 Å². The number of amides is 1. The number of carbonyl (C=O) groups is 1. The van der Waals surface area contributed by atoms with Crippen LogP contribution in [0.25, 0.3) is 0 Å². The van der Waals surface area contributed by atoms with E-state index >= 15 is 0 Å². The molecule has 0 saturated heterocycles. The first-order valence-electron chi connectivity index (χ1n) is 4.84. The van der Waals surface area contributed by atoms with E-state index in [4.69, 9.17) is 17.3 Å². The van der Waals surface area contributed by atoms with Gasteiger partial charge in [-0.3, -0.25) is 0 Å². The molecule has 14 heavy (non-hydrogen) atoms. The second-order valence-corrected chi connectivity index (χ2v) is 4.05. The predicted octanol–water partition coefficient (Wildman–Crippen LogP) is 1.36. The fourth-order valence-corrected chi connectivity index (χ4v) is 2.11. The van der Waals surface area contributed by atoms with Crippen LogP contribution in [0.15, 0.2) is 0 Å². The Hall–Kier alpha value is -0.840. The fraction of sp³-hybridized carbons (Fsp3) is 0.778. The third-order valence-corrected chi connectivity index (χ3v) is 3.21. The first-order valence-corrected chi connectivity index (χ1v) is 5.25. The highest BCUT2D eigenvalue weighted by atomic mass is 32.1. The van der Waals surface area contributed by atoms with Gasteiger partial charge >= 0.3 is 6.09 Å². The Morgan fingerprint density at radius 1 is 1.36 bits per heavy atom. The first-order chi connectivity index (χ1) is 6.63. The van der Waals surface area contributed by atoms with Gasteiger partial charge in [0, 0.05) is 19.0 Å². The molecule has 80 valence electrons. The zero-order valence-electron chi connectivity index (χ0n) is 8.25. The maximum Gasteiger partial charge on any atom is 0.404 e. The normalized spacial score (nSPS) is 26.6. The monoisotopic (exact) mass is 216 g/mol. The van der Waals surface area contributed by atoms with Crippen molar-refractivity contribution in [1.82, 2.24) is 10.6 Å². The van der Waals surface area contributed by atoms with Crippen LogP contribution in [0.2, 0.25) is 0 Å². The molecule has 0 aliphatic heterocycles. The van der Waals surface area contributed by atoms with Crippen molar-refractivity contribution in [2.45, 2.75) is 31.7 Å². The summed E-state index contributed by atoms with van der Waals surface area (Å²) in [4.78, 5) is 11.3. The summed E-state index contributed by atoms with van der Waals surface area (Å²) >= 11 is 5.15. The van der Waals surface area contributed by atoms with E-state index < -0.39 is 6.09 Å². The van der Waals surface area contributed by atoms with Gasteiger partial charge < -0.3 is 15.7 Å². The minimum atomic E-state index is -0.926. The van der Waals surface area contributed by atoms with Gasteiger partial charge in [0.1, 0.15) is 0 Å². The number of hydrogen-bond donors (Lipinski definition) is 3. The summed E-state index contributed by atoms with van der Waals surface area (Å²) in [7, 11) is 1.84. The number of nitrogens with one attached hydrogen (secondary N) is 2. The SMILES string of the molecule is CNC(=S)C1CCC(NC(=O)O)CC1. The number of carboxylic acid groups (broad SMARTS) is 1. The molecule has 0 heterocycles. The Bertz CT molecular complexity index is 225. The zero-order valence-corrected chi connectivity index (χ0v) is 9.06. The summed E-state index contributed by atoms with van der Waals surface area (Å²) in [5, 5.41) is 14.0. The lowest BCUT2D eigenvalue weighted by molar-refractivity contribution is 0.184. The predicted molar refractivity (Wildman–Crippen MR) is 58.6 cm³/mol. The largest absolute Gasteiger partial charge is 0.465 e. The summed E-state index contributed by atoms with van der Waals surface area (Å²) in [6.07, 6.45) is 2.80. The van der Waals surface area contributed by atoms with E-state index in [0.29, 0.717) is 5.92 Å². The third-order valence-electron chi connectivity index (χ3n) is 2.67. The highest BCUT2D eigenvalue weighted by Gasteiger charge is 2.24. The second-order valence-electron chi connectivity index (χ2n) is 3.61. The summed E-state index contributed by atoms with van der Waals surface area (Å²) in [5.41, 5.74) is 0. The van der Waals surface area contributed by atoms with Crippen LogP contribution in [0.5, 0.6) is 0 Å². The van der Waals surface area contributed by atoms with Gasteiger partial charge in [-0.2, -0.15) is 0 Å². The maximum atomic E-state index is 10.4. The summed E-state index contributed by atoms with van der Waals surface area (Å²) in [5.74, 6) is 0.432. The lowest BCUT2D eigenvalue weighted by atomic mass is 9.86. The van der Waals surface area contributed by atoms with Crippen LogP contribution in [0.1, 0.15) is 25.7 Å². The Morgan fingerprint density at radius 3 is 2.36 bits per heavy atom. The summed E-state index contributed by atoms with van der Waals surface area (Å²) in [6.45, 7) is 0. The number of hydrogen-bond acceptors (Lipinski definition) is 2. The molecule has 0 aromatic carbocycles. The average Bonchev–Trinajstić information content (AvgIpc) is 2.17. The van der Waals surface area contributed by atoms with Gasteiger partial charge in [-0.05, 0) is 25.7 Å². The molecule has 3 N–H and O–H groups in total. The standard InChI is InChI=1S/C9H16N2O2S/c1-10-8(14)6-2-4-7(5-3-6)11-9(12)13/h6-7,11H,2-5H2,1H3,(H,10,14)(H,12,13). The van der Waals surface area contributed by atoms with Gasteiger partial charge in [-0.1, -0.05) is 12.2 Å². The van der Waals surface area contributed by atoms with E-state index in [0.717, 1.165) is 30.7 Å². The molecule has 0 atom stereocenters. The fourth-order valence-electron chi connectivity index (χ4n) is 1.88. The summed E-state index contributed by atoms with van der Waals surface area (Å²) < 4.78 is 0. The van der Waals surface area contributed by atoms with Crippen LogP contribution in [0, 0.1) is 5.92 Å². The molecule has 4 nitrogen and oxygen atoms in total. The van der Waals surface area contributed by atoms with E-state index in [2.05, 4.69) is 10.6 Å². The topological polar surface area (TPSA) is 61.4 Å². The van der Waals surface area contributed by atoms with Gasteiger partial charge in [-0.25, -0.2) is 4.79 Å². The molecule has 1 aliphatic carbocycles. The second kappa shape index (κ2) is 5.14. The van der Waals surface area contributed by atoms with E-state index in [1.807, 2.05) is 7.05 Å². The van der Waals surface area contributed by atoms with Gasteiger partial charge in [-0.15, -0.1) is 0 Å². The molecule has 1 fully saturated rings. The van der Waals surface area contributed by atoms with Crippen LogP contribution >= 0.6 is 12.2 Å². The Balaban J connectivity index is 2.31. The van der Waals surface area contributed by atoms with Crippen molar-refractivity contribution in [3.8, 4) is 0 Å². The molecule has 0 spiro atoms. The van der Waals surface area contributed by atoms with Crippen molar-refractivity contribution in [3.63, 3.8) is 0 Å². The molecular weight excluding hydrogens is 200 g/mol. The minimum Gasteiger partial charge on any atom is -0.465 e. The molecule has 1 rings (SSSR count). The van der Waals surface area contributed by atoms with Gasteiger partial charge in [0.15, 0.2) is 0 Å². The van der Waals surface area contributed by atoms with E-state index in [9.17, 15) is 4.79 Å². The molecule has 0 bridgehead atoms. The molecule has 5 heteroatoms. The average molecular weight is 216 g/mol. The van der Waals surface area contributed by atoms with Crippen molar-refractivity contribution in [2.24, 2.45) is 5.92 Å². The smallest absolute Gasteiger partial charge is 0.404 e. The number of rotatable bonds is 2. The van der Waals surface area contributed by atoms with Crippen molar-refractivity contribution < 1.29 is 9.90 Å². The van der Waals surface area contributed by atoms with Crippen LogP contribution in [0.4, 0.5) is 4.79 Å². The molecular formula is C9H16N2O2S.